The van der Waals surface area contributed by atoms with Crippen molar-refractivity contribution in [3.8, 4) is 0 Å². The highest BCUT2D eigenvalue weighted by Gasteiger charge is 2.52. The molecule has 0 spiro atoms. The first-order valence-corrected chi connectivity index (χ1v) is 21.3. The van der Waals surface area contributed by atoms with Gasteiger partial charge < -0.3 is 18.6 Å². The van der Waals surface area contributed by atoms with Gasteiger partial charge in [0.1, 0.15) is 16.0 Å². The number of pyridine rings is 1. The van der Waals surface area contributed by atoms with E-state index in [4.69, 9.17) is 9.98 Å². The molecule has 0 radical (unpaired) electrons. The van der Waals surface area contributed by atoms with Crippen molar-refractivity contribution < 1.29 is 43.5 Å². The highest BCUT2D eigenvalue weighted by molar-refractivity contribution is 7.90. The Morgan fingerprint density at radius 1 is 0.980 bits per heavy atom. The molecule has 2 aliphatic carbocycles. The van der Waals surface area contributed by atoms with Crippen LogP contribution >= 0.6 is 0 Å². The van der Waals surface area contributed by atoms with Gasteiger partial charge in [0, 0.05) is 40.8 Å². The van der Waals surface area contributed by atoms with Crippen molar-refractivity contribution in [2.24, 2.45) is 15.4 Å². The molecule has 16 heteroatoms. The Morgan fingerprint density at radius 2 is 1.67 bits per heavy atom. The lowest BCUT2D eigenvalue weighted by atomic mass is 9.80. The molecule has 1 aromatic rings. The summed E-state index contributed by atoms with van der Waals surface area (Å²) in [5.41, 5.74) is 6.58. The van der Waals surface area contributed by atoms with Crippen LogP contribution in [0.2, 0.25) is 0 Å². The second-order valence-corrected chi connectivity index (χ2v) is 18.7. The summed E-state index contributed by atoms with van der Waals surface area (Å²) in [7, 11) is -13.6. The molecule has 2 unspecified atom stereocenters. The normalized spacial score (nSPS) is 25.6. The molecular weight excluding hydrogens is 717 g/mol. The van der Waals surface area contributed by atoms with Crippen LogP contribution in [0.5, 0.6) is 0 Å². The summed E-state index contributed by atoms with van der Waals surface area (Å²) in [6.45, 7) is 8.48. The fourth-order valence-electron chi connectivity index (χ4n) is 7.69. The summed E-state index contributed by atoms with van der Waals surface area (Å²) >= 11 is 0. The molecule has 1 aromatic heterocycles. The van der Waals surface area contributed by atoms with Crippen LogP contribution in [0.3, 0.4) is 0 Å². The number of aromatic nitrogens is 1. The predicted octanol–water partition coefficient (Wildman–Crippen LogP) is 3.81. The van der Waals surface area contributed by atoms with Crippen molar-refractivity contribution in [3.63, 3.8) is 0 Å². The quantitative estimate of drug-likeness (QED) is 0.171. The third kappa shape index (κ3) is 7.53. The average molecular weight is 757 g/mol. The number of rotatable bonds is 12. The summed E-state index contributed by atoms with van der Waals surface area (Å²) in [5, 5.41) is 0. The summed E-state index contributed by atoms with van der Waals surface area (Å²) < 4.78 is 105. The fourth-order valence-corrected chi connectivity index (χ4v) is 9.17. The molecule has 0 N–H and O–H groups in total. The molecule has 6 rings (SSSR count). The fraction of sp³-hybridized carbons (Fsp3) is 0.457. The Kier molecular flexibility index (Phi) is 9.60. The lowest BCUT2D eigenvalue weighted by Gasteiger charge is -2.31. The minimum atomic E-state index is -4.82. The number of allylic oxidation sites excluding steroid dienone is 9. The maximum absolute atomic E-state index is 12.0. The number of aryl methyl sites for hydroxylation is 2. The Morgan fingerprint density at radius 3 is 2.35 bits per heavy atom. The van der Waals surface area contributed by atoms with Gasteiger partial charge in [0.25, 0.3) is 0 Å². The second-order valence-electron chi connectivity index (χ2n) is 14.3. The molecule has 4 heterocycles. The molecule has 0 amide bonds. The zero-order valence-corrected chi connectivity index (χ0v) is 31.3. The smallest absolute Gasteiger partial charge is 0.327 e. The van der Waals surface area contributed by atoms with E-state index in [1.165, 1.54) is 11.0 Å². The number of nitrogens with zero attached hydrogens (tertiary/aromatic N) is 4. The van der Waals surface area contributed by atoms with Gasteiger partial charge in [0.2, 0.25) is 0 Å². The van der Waals surface area contributed by atoms with E-state index in [1.807, 2.05) is 49.8 Å². The topological polar surface area (TPSA) is 203 Å². The zero-order chi connectivity index (χ0) is 37.1. The van der Waals surface area contributed by atoms with Crippen LogP contribution in [0.25, 0.3) is 0 Å². The van der Waals surface area contributed by atoms with Gasteiger partial charge in [-0.15, -0.1) is 0 Å². The van der Waals surface area contributed by atoms with Crippen molar-refractivity contribution in [1.82, 2.24) is 4.90 Å². The summed E-state index contributed by atoms with van der Waals surface area (Å²) in [6, 6.07) is 2.13. The molecule has 274 valence electrons. The number of fused-ring (bicyclic) bond motifs is 6. The molecule has 0 saturated heterocycles. The molecule has 1 saturated carbocycles. The van der Waals surface area contributed by atoms with Crippen molar-refractivity contribution in [1.29, 1.82) is 0 Å². The van der Waals surface area contributed by atoms with Gasteiger partial charge in [-0.2, -0.15) is 0 Å². The third-order valence-electron chi connectivity index (χ3n) is 10.4. The van der Waals surface area contributed by atoms with Crippen molar-refractivity contribution >= 4 is 47.7 Å². The van der Waals surface area contributed by atoms with E-state index in [0.717, 1.165) is 64.1 Å². The minimum absolute atomic E-state index is 0.00247. The van der Waals surface area contributed by atoms with E-state index in [1.54, 1.807) is 0 Å². The van der Waals surface area contributed by atoms with Gasteiger partial charge in [-0.05, 0) is 94.5 Å². The molecule has 5 aliphatic rings. The SMILES string of the molecule is CC(/C=C/C1=C2N=C3C(=CC(S(=O)(=O)[O-])=CN3CCCS(=O)(=O)[O-])C2(C)CC1)=C\C=C1CCC2(C)C1=Nc1c2cc(C)c[n+]1CCCS(=O)(=O)[O-]. The van der Waals surface area contributed by atoms with Crippen LogP contribution in [-0.2, 0) is 42.3 Å². The Labute approximate surface area is 299 Å². The van der Waals surface area contributed by atoms with Crippen LogP contribution in [0.15, 0.2) is 91.7 Å². The summed E-state index contributed by atoms with van der Waals surface area (Å²) in [4.78, 5) is 10.9. The molecule has 1 fully saturated rings. The Balaban J connectivity index is 1.24. The average Bonchev–Trinajstić information content (AvgIpc) is 3.69. The van der Waals surface area contributed by atoms with Crippen molar-refractivity contribution in [3.05, 3.63) is 92.9 Å². The van der Waals surface area contributed by atoms with Crippen molar-refractivity contribution in [2.45, 2.75) is 78.2 Å². The molecular formula is C35H40N4O9S3-2. The maximum atomic E-state index is 12.0. The number of hydrogen-bond donors (Lipinski definition) is 0. The maximum Gasteiger partial charge on any atom is 0.327 e. The number of hydrogen-bond acceptors (Lipinski definition) is 12. The Bertz CT molecular complexity index is 2300. The van der Waals surface area contributed by atoms with E-state index in [-0.39, 0.29) is 24.8 Å². The first kappa shape index (κ1) is 37.2. The van der Waals surface area contributed by atoms with Gasteiger partial charge in [-0.1, -0.05) is 29.9 Å². The monoisotopic (exact) mass is 756 g/mol. The van der Waals surface area contributed by atoms with E-state index < -0.39 is 52.2 Å². The highest BCUT2D eigenvalue weighted by atomic mass is 32.2. The number of aliphatic imine (C=N–C) groups is 2. The second kappa shape index (κ2) is 13.1. The van der Waals surface area contributed by atoms with Gasteiger partial charge in [0.15, 0.2) is 5.71 Å². The molecule has 0 aromatic carbocycles. The van der Waals surface area contributed by atoms with E-state index in [2.05, 4.69) is 19.1 Å². The molecule has 3 aliphatic heterocycles. The van der Waals surface area contributed by atoms with Gasteiger partial charge in [0.05, 0.1) is 54.6 Å². The first-order valence-electron chi connectivity index (χ1n) is 16.7. The van der Waals surface area contributed by atoms with Gasteiger partial charge in [-0.3, -0.25) is 0 Å². The van der Waals surface area contributed by atoms with E-state index >= 15 is 0 Å². The van der Waals surface area contributed by atoms with Crippen LogP contribution in [0.1, 0.15) is 70.4 Å². The Hall–Kier alpha value is -3.54. The van der Waals surface area contributed by atoms with Gasteiger partial charge >= 0.3 is 5.82 Å². The third-order valence-corrected chi connectivity index (χ3v) is 12.7. The molecule has 13 nitrogen and oxygen atoms in total. The standard InChI is InChI=1S/C35H42N4O9S3/c1-23(7-9-25-11-13-34(3)28-19-24(2)21-38(32(28)36-30(25)34)15-5-17-49(40,41)42)8-10-26-12-14-35(4)29-20-27(51(46,47)48)22-39(33(29)37-31(26)35)16-6-18-50(43,44)45/h7-10,19-22H,5-6,11-18H2,1-4H3,(H2-,40,41,42,43,44,45,46,47,48)/p-2. The lowest BCUT2D eigenvalue weighted by molar-refractivity contribution is -0.684. The van der Waals surface area contributed by atoms with Crippen LogP contribution in [0.4, 0.5) is 5.82 Å². The minimum Gasteiger partial charge on any atom is -0.748 e. The number of amidine groups is 1. The molecule has 51 heavy (non-hydrogen) atoms. The molecule has 0 bridgehead atoms. The highest BCUT2D eigenvalue weighted by Crippen LogP contribution is 2.55. The lowest BCUT2D eigenvalue weighted by Crippen LogP contribution is -2.36. The van der Waals surface area contributed by atoms with E-state index in [0.29, 0.717) is 30.8 Å². The van der Waals surface area contributed by atoms with Gasteiger partial charge in [-0.25, -0.2) is 34.8 Å². The van der Waals surface area contributed by atoms with E-state index in [9.17, 15) is 38.9 Å². The van der Waals surface area contributed by atoms with Crippen LogP contribution < -0.4 is 4.57 Å². The first-order chi connectivity index (χ1) is 23.7. The predicted molar refractivity (Wildman–Crippen MR) is 189 cm³/mol. The van der Waals surface area contributed by atoms with Crippen LogP contribution in [0, 0.1) is 12.3 Å². The van der Waals surface area contributed by atoms with Crippen LogP contribution in [-0.4, -0.2) is 73.4 Å². The molecule has 2 atom stereocenters. The summed E-state index contributed by atoms with van der Waals surface area (Å²) in [5.74, 6) is 0.182. The summed E-state index contributed by atoms with van der Waals surface area (Å²) in [6.07, 6.45) is 15.7. The van der Waals surface area contributed by atoms with Crippen molar-refractivity contribution in [2.75, 3.05) is 18.1 Å². The zero-order valence-electron chi connectivity index (χ0n) is 28.9. The largest absolute Gasteiger partial charge is 0.748 e.